The summed E-state index contributed by atoms with van der Waals surface area (Å²) >= 11 is 6.90. The number of carbonyl (C=O) groups excluding carboxylic acids is 2. The first kappa shape index (κ1) is 30.8. The summed E-state index contributed by atoms with van der Waals surface area (Å²) in [5, 5.41) is 6.28. The molecule has 2 aromatic heterocycles. The summed E-state index contributed by atoms with van der Waals surface area (Å²) in [6, 6.07) is 12.7. The second-order valence-corrected chi connectivity index (χ2v) is 12.5. The van der Waals surface area contributed by atoms with E-state index in [2.05, 4.69) is 25.4 Å². The minimum atomic E-state index is -0.463. The Morgan fingerprint density at radius 2 is 1.62 bits per heavy atom. The Labute approximate surface area is 267 Å². The largest absolute Gasteiger partial charge is 0.327 e. The van der Waals surface area contributed by atoms with E-state index in [1.165, 1.54) is 4.57 Å². The molecule has 4 heterocycles. The molecule has 2 aliphatic rings. The van der Waals surface area contributed by atoms with Gasteiger partial charge in [0.1, 0.15) is 5.56 Å². The molecule has 1 saturated heterocycles. The molecule has 234 valence electrons. The van der Waals surface area contributed by atoms with Crippen LogP contribution in [0.15, 0.2) is 53.5 Å². The van der Waals surface area contributed by atoms with E-state index < -0.39 is 5.91 Å². The SMILES string of the molecule is Cc1c(NC(=O)c2cc(CN3CCCC3)cn(C)c2=O)cccc1-c1cccc(NC(=O)c2nc3c(n2C)CCN(C)C3)c1Cl. The van der Waals surface area contributed by atoms with Crippen molar-refractivity contribution in [1.82, 2.24) is 23.9 Å². The smallest absolute Gasteiger partial charge is 0.291 e. The van der Waals surface area contributed by atoms with E-state index in [0.29, 0.717) is 40.9 Å². The quantitative estimate of drug-likeness (QED) is 0.304. The summed E-state index contributed by atoms with van der Waals surface area (Å²) in [6.45, 7) is 6.26. The van der Waals surface area contributed by atoms with Crippen molar-refractivity contribution in [3.8, 4) is 11.1 Å². The third kappa shape index (κ3) is 6.18. The van der Waals surface area contributed by atoms with Gasteiger partial charge in [-0.1, -0.05) is 35.9 Å². The van der Waals surface area contributed by atoms with Crippen LogP contribution in [0.1, 0.15) is 56.3 Å². The van der Waals surface area contributed by atoms with Crippen LogP contribution >= 0.6 is 11.6 Å². The van der Waals surface area contributed by atoms with Gasteiger partial charge in [-0.05, 0) is 74.8 Å². The van der Waals surface area contributed by atoms with E-state index in [-0.39, 0.29) is 17.0 Å². The van der Waals surface area contributed by atoms with Crippen molar-refractivity contribution in [2.75, 3.05) is 37.3 Å². The molecule has 0 atom stereocenters. The van der Waals surface area contributed by atoms with Gasteiger partial charge < -0.3 is 24.7 Å². The molecule has 2 N–H and O–H groups in total. The molecular formula is C34H38ClN7O3. The highest BCUT2D eigenvalue weighted by atomic mass is 35.5. The Balaban J connectivity index is 1.24. The Morgan fingerprint density at radius 1 is 0.933 bits per heavy atom. The lowest BCUT2D eigenvalue weighted by Gasteiger charge is -2.21. The lowest BCUT2D eigenvalue weighted by Crippen LogP contribution is -2.29. The number of imidazole rings is 1. The molecule has 0 saturated carbocycles. The Morgan fingerprint density at radius 3 is 2.38 bits per heavy atom. The first-order valence-corrected chi connectivity index (χ1v) is 15.6. The fraction of sp³-hybridized carbons (Fsp3) is 0.353. The zero-order valence-electron chi connectivity index (χ0n) is 26.1. The maximum absolute atomic E-state index is 13.5. The molecule has 2 aromatic carbocycles. The van der Waals surface area contributed by atoms with E-state index >= 15 is 0 Å². The number of likely N-dealkylation sites (N-methyl/N-ethyl adjacent to an activating group) is 1. The lowest BCUT2D eigenvalue weighted by atomic mass is 9.98. The van der Waals surface area contributed by atoms with Gasteiger partial charge in [0.25, 0.3) is 17.4 Å². The maximum atomic E-state index is 13.5. The first-order chi connectivity index (χ1) is 21.6. The number of rotatable bonds is 7. The van der Waals surface area contributed by atoms with Gasteiger partial charge in [0.15, 0.2) is 5.82 Å². The molecule has 4 aromatic rings. The average molecular weight is 628 g/mol. The fourth-order valence-electron chi connectivity index (χ4n) is 6.36. The number of anilines is 2. The highest BCUT2D eigenvalue weighted by Crippen LogP contribution is 2.37. The number of aryl methyl sites for hydroxylation is 1. The van der Waals surface area contributed by atoms with Crippen LogP contribution in [0, 0.1) is 6.92 Å². The third-order valence-corrected chi connectivity index (χ3v) is 9.27. The molecule has 10 nitrogen and oxygen atoms in total. The van der Waals surface area contributed by atoms with Crippen molar-refractivity contribution >= 4 is 34.8 Å². The standard InChI is InChI=1S/C34H38ClN7O3/c1-21-23(9-7-11-26(21)37-32(43)25-17-22(18-40(3)34(25)45)19-42-14-5-6-15-42)24-10-8-12-27(30(24)35)38-33(44)31-36-28-20-39(2)16-13-29(28)41(31)4/h7-12,17-18H,5-6,13-16,19-20H2,1-4H3,(H,37,43)(H,38,44). The van der Waals surface area contributed by atoms with E-state index in [1.807, 2.05) is 49.9 Å². The van der Waals surface area contributed by atoms with Gasteiger partial charge in [-0.15, -0.1) is 0 Å². The molecule has 0 radical (unpaired) electrons. The number of likely N-dealkylation sites (tertiary alicyclic amines) is 1. The summed E-state index contributed by atoms with van der Waals surface area (Å²) in [4.78, 5) is 48.9. The lowest BCUT2D eigenvalue weighted by molar-refractivity contribution is 0.101. The number of benzene rings is 2. The number of nitrogens with zero attached hydrogens (tertiary/aromatic N) is 5. The van der Waals surface area contributed by atoms with Gasteiger partial charge in [-0.25, -0.2) is 4.98 Å². The summed E-state index contributed by atoms with van der Waals surface area (Å²) < 4.78 is 3.34. The number of nitrogens with one attached hydrogen (secondary N) is 2. The average Bonchev–Trinajstić information content (AvgIpc) is 3.64. The second-order valence-electron chi connectivity index (χ2n) is 12.1. The Kier molecular flexibility index (Phi) is 8.63. The molecule has 2 aliphatic heterocycles. The Hall–Kier alpha value is -4.25. The first-order valence-electron chi connectivity index (χ1n) is 15.3. The number of amides is 2. The van der Waals surface area contributed by atoms with Crippen LogP contribution in [-0.4, -0.2) is 62.4 Å². The summed E-state index contributed by atoms with van der Waals surface area (Å²) in [5.41, 5.74) is 5.98. The van der Waals surface area contributed by atoms with Crippen LogP contribution in [0.2, 0.25) is 5.02 Å². The highest BCUT2D eigenvalue weighted by molar-refractivity contribution is 6.36. The molecule has 45 heavy (non-hydrogen) atoms. The molecule has 0 bridgehead atoms. The predicted octanol–water partition coefficient (Wildman–Crippen LogP) is 4.84. The maximum Gasteiger partial charge on any atom is 0.291 e. The zero-order valence-corrected chi connectivity index (χ0v) is 26.9. The van der Waals surface area contributed by atoms with Crippen molar-refractivity contribution in [3.63, 3.8) is 0 Å². The predicted molar refractivity (Wildman–Crippen MR) is 177 cm³/mol. The number of aromatic nitrogens is 3. The summed E-state index contributed by atoms with van der Waals surface area (Å²) in [6.07, 6.45) is 4.97. The van der Waals surface area contributed by atoms with Gasteiger partial charge in [-0.2, -0.15) is 0 Å². The summed E-state index contributed by atoms with van der Waals surface area (Å²) in [7, 11) is 5.58. The van der Waals surface area contributed by atoms with Gasteiger partial charge in [-0.3, -0.25) is 19.3 Å². The van der Waals surface area contributed by atoms with Crippen molar-refractivity contribution in [1.29, 1.82) is 0 Å². The van der Waals surface area contributed by atoms with Crippen LogP contribution in [0.4, 0.5) is 11.4 Å². The third-order valence-electron chi connectivity index (χ3n) is 8.86. The van der Waals surface area contributed by atoms with E-state index in [4.69, 9.17) is 11.6 Å². The number of carbonyl (C=O) groups is 2. The van der Waals surface area contributed by atoms with Crippen LogP contribution in [0.5, 0.6) is 0 Å². The van der Waals surface area contributed by atoms with Crippen LogP contribution in [0.3, 0.4) is 0 Å². The van der Waals surface area contributed by atoms with Crippen LogP contribution in [0.25, 0.3) is 11.1 Å². The molecule has 0 aliphatic carbocycles. The molecule has 0 spiro atoms. The molecule has 1 fully saturated rings. The van der Waals surface area contributed by atoms with Crippen molar-refractivity contribution < 1.29 is 9.59 Å². The summed E-state index contributed by atoms with van der Waals surface area (Å²) in [5.74, 6) is -0.455. The second kappa shape index (κ2) is 12.6. The minimum Gasteiger partial charge on any atom is -0.327 e. The van der Waals surface area contributed by atoms with Gasteiger partial charge in [0, 0.05) is 63.3 Å². The molecule has 6 rings (SSSR count). The van der Waals surface area contributed by atoms with Crippen molar-refractivity contribution in [2.24, 2.45) is 14.1 Å². The van der Waals surface area contributed by atoms with Crippen LogP contribution < -0.4 is 16.2 Å². The minimum absolute atomic E-state index is 0.101. The molecule has 0 unspecified atom stereocenters. The number of fused-ring (bicyclic) bond motifs is 1. The number of halogens is 1. The number of pyridine rings is 1. The number of hydrogen-bond acceptors (Lipinski definition) is 6. The highest BCUT2D eigenvalue weighted by Gasteiger charge is 2.25. The van der Waals surface area contributed by atoms with E-state index in [1.54, 1.807) is 31.4 Å². The number of hydrogen-bond donors (Lipinski definition) is 2. The van der Waals surface area contributed by atoms with Gasteiger partial charge in [0.05, 0.1) is 16.4 Å². The molecule has 2 amide bonds. The Bertz CT molecular complexity index is 1860. The van der Waals surface area contributed by atoms with Crippen LogP contribution in [-0.2, 0) is 33.6 Å². The van der Waals surface area contributed by atoms with Crippen molar-refractivity contribution in [2.45, 2.75) is 39.3 Å². The molecular weight excluding hydrogens is 590 g/mol. The van der Waals surface area contributed by atoms with E-state index in [9.17, 15) is 14.4 Å². The van der Waals surface area contributed by atoms with Gasteiger partial charge in [0.2, 0.25) is 0 Å². The van der Waals surface area contributed by atoms with Gasteiger partial charge >= 0.3 is 0 Å². The zero-order chi connectivity index (χ0) is 31.8. The topological polar surface area (TPSA) is 104 Å². The fourth-order valence-corrected chi connectivity index (χ4v) is 6.63. The van der Waals surface area contributed by atoms with E-state index in [0.717, 1.165) is 67.0 Å². The normalized spacial score (nSPS) is 15.2. The van der Waals surface area contributed by atoms with Crippen molar-refractivity contribution in [3.05, 3.63) is 97.9 Å². The molecule has 11 heteroatoms. The monoisotopic (exact) mass is 627 g/mol.